The first-order chi connectivity index (χ1) is 14.5. The van der Waals surface area contributed by atoms with Crippen LogP contribution in [0.1, 0.15) is 40.9 Å². The van der Waals surface area contributed by atoms with E-state index in [0.717, 1.165) is 17.5 Å². The van der Waals surface area contributed by atoms with Crippen LogP contribution in [-0.2, 0) is 0 Å². The molecule has 2 unspecified atom stereocenters. The van der Waals surface area contributed by atoms with Gasteiger partial charge in [0, 0.05) is 24.2 Å². The van der Waals surface area contributed by atoms with Crippen LogP contribution in [0, 0.1) is 6.92 Å². The van der Waals surface area contributed by atoms with Gasteiger partial charge in [-0.1, -0.05) is 37.3 Å². The zero-order valence-electron chi connectivity index (χ0n) is 17.1. The molecule has 1 aromatic carbocycles. The van der Waals surface area contributed by atoms with E-state index in [2.05, 4.69) is 20.6 Å². The molecule has 0 bridgehead atoms. The third-order valence-electron chi connectivity index (χ3n) is 4.88. The summed E-state index contributed by atoms with van der Waals surface area (Å²) >= 11 is 0. The lowest BCUT2D eigenvalue weighted by Crippen LogP contribution is -2.30. The van der Waals surface area contributed by atoms with E-state index >= 15 is 0 Å². The molecule has 158 valence electrons. The molecule has 0 saturated carbocycles. The molecular weight excluding hydrogens is 382 g/mol. The molecule has 0 radical (unpaired) electrons. The van der Waals surface area contributed by atoms with E-state index in [1.54, 1.807) is 29.2 Å². The minimum Gasteiger partial charge on any atom is -0.394 e. The van der Waals surface area contributed by atoms with Crippen molar-refractivity contribution in [2.24, 2.45) is 0 Å². The number of aliphatic hydroxyl groups excluding tert-OH is 2. The average Bonchev–Trinajstić information content (AvgIpc) is 3.27. The van der Waals surface area contributed by atoms with Crippen LogP contribution < -0.4 is 10.6 Å². The van der Waals surface area contributed by atoms with E-state index in [9.17, 15) is 15.0 Å². The number of hydrogen-bond donors (Lipinski definition) is 4. The number of anilines is 1. The van der Waals surface area contributed by atoms with Gasteiger partial charge in [0.2, 0.25) is 5.95 Å². The van der Waals surface area contributed by atoms with Gasteiger partial charge in [-0.25, -0.2) is 4.98 Å². The predicted molar refractivity (Wildman–Crippen MR) is 115 cm³/mol. The second kappa shape index (κ2) is 10.00. The summed E-state index contributed by atoms with van der Waals surface area (Å²) in [5.41, 5.74) is 2.14. The molecular formula is C22H27N5O3. The van der Waals surface area contributed by atoms with E-state index < -0.39 is 6.04 Å². The Kier molecular flexibility index (Phi) is 7.16. The predicted octanol–water partition coefficient (Wildman–Crippen LogP) is 2.22. The first kappa shape index (κ1) is 21.5. The largest absolute Gasteiger partial charge is 0.394 e. The Bertz CT molecular complexity index is 970. The quantitative estimate of drug-likeness (QED) is 0.431. The van der Waals surface area contributed by atoms with Crippen LogP contribution in [-0.4, -0.2) is 49.9 Å². The van der Waals surface area contributed by atoms with E-state index in [1.165, 1.54) is 0 Å². The van der Waals surface area contributed by atoms with Crippen molar-refractivity contribution in [3.8, 4) is 5.82 Å². The molecule has 0 spiro atoms. The number of aliphatic hydroxyl groups is 2. The number of rotatable bonds is 9. The summed E-state index contributed by atoms with van der Waals surface area (Å²) in [6.07, 6.45) is 5.89. The van der Waals surface area contributed by atoms with Gasteiger partial charge in [-0.05, 0) is 25.0 Å². The van der Waals surface area contributed by atoms with Gasteiger partial charge in [0.25, 0.3) is 5.91 Å². The number of carbonyl (C=O) groups is 1. The highest BCUT2D eigenvalue weighted by Gasteiger charge is 2.17. The second-order valence-corrected chi connectivity index (χ2v) is 7.06. The van der Waals surface area contributed by atoms with Crippen molar-refractivity contribution in [1.82, 2.24) is 19.9 Å². The van der Waals surface area contributed by atoms with Crippen molar-refractivity contribution < 1.29 is 15.0 Å². The Morgan fingerprint density at radius 1 is 1.17 bits per heavy atom. The summed E-state index contributed by atoms with van der Waals surface area (Å²) in [6.45, 7) is 3.65. The van der Waals surface area contributed by atoms with Crippen molar-refractivity contribution in [3.05, 3.63) is 71.7 Å². The second-order valence-electron chi connectivity index (χ2n) is 7.06. The van der Waals surface area contributed by atoms with Gasteiger partial charge >= 0.3 is 0 Å². The van der Waals surface area contributed by atoms with Crippen molar-refractivity contribution in [1.29, 1.82) is 0 Å². The third-order valence-corrected chi connectivity index (χ3v) is 4.88. The van der Waals surface area contributed by atoms with Gasteiger partial charge in [0.05, 0.1) is 30.9 Å². The fraction of sp³-hybridized carbons (Fsp3) is 0.318. The van der Waals surface area contributed by atoms with Crippen LogP contribution in [0.25, 0.3) is 5.82 Å². The lowest BCUT2D eigenvalue weighted by atomic mass is 10.1. The van der Waals surface area contributed by atoms with Crippen molar-refractivity contribution in [2.75, 3.05) is 18.5 Å². The van der Waals surface area contributed by atoms with Crippen LogP contribution in [0.5, 0.6) is 0 Å². The molecule has 3 aromatic rings. The highest BCUT2D eigenvalue weighted by molar-refractivity contribution is 5.94. The lowest BCUT2D eigenvalue weighted by Gasteiger charge is -2.16. The lowest BCUT2D eigenvalue weighted by molar-refractivity contribution is 0.0916. The minimum atomic E-state index is -0.483. The molecule has 30 heavy (non-hydrogen) atoms. The maximum atomic E-state index is 12.7. The zero-order chi connectivity index (χ0) is 21.5. The summed E-state index contributed by atoms with van der Waals surface area (Å²) in [5.74, 6) is 0.773. The number of benzene rings is 1. The monoisotopic (exact) mass is 409 g/mol. The fourth-order valence-corrected chi connectivity index (χ4v) is 3.05. The fourth-order valence-electron chi connectivity index (χ4n) is 3.05. The standard InChI is InChI=1S/C22H27N5O3/c1-3-18(13-28)24-22-23-11-15(2)20(26-22)27-10-9-17(12-27)21(30)25-19(14-29)16-7-5-4-6-8-16/h4-12,18-19,28-29H,3,13-14H2,1-2H3,(H,25,30)(H,23,24,26). The zero-order valence-corrected chi connectivity index (χ0v) is 17.1. The van der Waals surface area contributed by atoms with E-state index in [0.29, 0.717) is 17.3 Å². The minimum absolute atomic E-state index is 0.00958. The maximum absolute atomic E-state index is 12.7. The van der Waals surface area contributed by atoms with E-state index in [4.69, 9.17) is 0 Å². The first-order valence-electron chi connectivity index (χ1n) is 9.91. The smallest absolute Gasteiger partial charge is 0.253 e. The third kappa shape index (κ3) is 5.03. The number of nitrogens with zero attached hydrogens (tertiary/aromatic N) is 3. The molecule has 0 aliphatic heterocycles. The van der Waals surface area contributed by atoms with Gasteiger partial charge in [0.15, 0.2) is 0 Å². The summed E-state index contributed by atoms with van der Waals surface area (Å²) in [5, 5.41) is 25.0. The molecule has 2 heterocycles. The number of nitrogens with one attached hydrogen (secondary N) is 2. The number of hydrogen-bond acceptors (Lipinski definition) is 6. The molecule has 4 N–H and O–H groups in total. The van der Waals surface area contributed by atoms with Crippen LogP contribution in [0.4, 0.5) is 5.95 Å². The molecule has 8 nitrogen and oxygen atoms in total. The topological polar surface area (TPSA) is 112 Å². The molecule has 0 fully saturated rings. The highest BCUT2D eigenvalue weighted by Crippen LogP contribution is 2.17. The molecule has 3 rings (SSSR count). The number of carbonyl (C=O) groups excluding carboxylic acids is 1. The molecule has 0 saturated heterocycles. The molecule has 0 aliphatic carbocycles. The SMILES string of the molecule is CCC(CO)Nc1ncc(C)c(-n2ccc(C(=O)NC(CO)c3ccccc3)c2)n1. The van der Waals surface area contributed by atoms with Crippen molar-refractivity contribution in [3.63, 3.8) is 0 Å². The van der Waals surface area contributed by atoms with Gasteiger partial charge in [-0.2, -0.15) is 4.98 Å². The van der Waals surface area contributed by atoms with Crippen molar-refractivity contribution in [2.45, 2.75) is 32.4 Å². The molecule has 2 atom stereocenters. The Morgan fingerprint density at radius 3 is 2.60 bits per heavy atom. The molecule has 0 aliphatic rings. The number of aromatic nitrogens is 3. The van der Waals surface area contributed by atoms with Gasteiger partial charge in [-0.15, -0.1) is 0 Å². The number of amides is 1. The first-order valence-corrected chi connectivity index (χ1v) is 9.91. The molecule has 2 aromatic heterocycles. The normalized spacial score (nSPS) is 12.9. The Balaban J connectivity index is 1.78. The van der Waals surface area contributed by atoms with Gasteiger partial charge in [0.1, 0.15) is 5.82 Å². The summed E-state index contributed by atoms with van der Waals surface area (Å²) in [4.78, 5) is 21.5. The summed E-state index contributed by atoms with van der Waals surface area (Å²) in [6, 6.07) is 10.4. The summed E-state index contributed by atoms with van der Waals surface area (Å²) < 4.78 is 1.76. The van der Waals surface area contributed by atoms with Crippen molar-refractivity contribution >= 4 is 11.9 Å². The Labute approximate surface area is 175 Å². The van der Waals surface area contributed by atoms with Gasteiger partial charge < -0.3 is 25.4 Å². The Hall–Kier alpha value is -3.23. The highest BCUT2D eigenvalue weighted by atomic mass is 16.3. The van der Waals surface area contributed by atoms with Crippen LogP contribution in [0.2, 0.25) is 0 Å². The average molecular weight is 409 g/mol. The molecule has 8 heteroatoms. The van der Waals surface area contributed by atoms with Crippen LogP contribution in [0.3, 0.4) is 0 Å². The van der Waals surface area contributed by atoms with E-state index in [1.807, 2.05) is 44.2 Å². The van der Waals surface area contributed by atoms with Crippen LogP contribution >= 0.6 is 0 Å². The maximum Gasteiger partial charge on any atom is 0.253 e. The molecule has 1 amide bonds. The Morgan fingerprint density at radius 2 is 1.93 bits per heavy atom. The van der Waals surface area contributed by atoms with E-state index in [-0.39, 0.29) is 25.2 Å². The summed E-state index contributed by atoms with van der Waals surface area (Å²) in [7, 11) is 0. The van der Waals surface area contributed by atoms with Crippen LogP contribution in [0.15, 0.2) is 55.0 Å². The number of aryl methyl sites for hydroxylation is 1. The van der Waals surface area contributed by atoms with Gasteiger partial charge in [-0.3, -0.25) is 4.79 Å².